The first-order valence-electron chi connectivity index (χ1n) is 5.83. The number of alkyl carbamates (subject to hydrolysis) is 1. The second-order valence-corrected chi connectivity index (χ2v) is 5.96. The maximum Gasteiger partial charge on any atom is 0.408 e. The van der Waals surface area contributed by atoms with E-state index >= 15 is 0 Å². The van der Waals surface area contributed by atoms with Crippen molar-refractivity contribution in [3.05, 3.63) is 0 Å². The van der Waals surface area contributed by atoms with Gasteiger partial charge in [-0.1, -0.05) is 13.8 Å². The lowest BCUT2D eigenvalue weighted by molar-refractivity contribution is -0.141. The lowest BCUT2D eigenvalue weighted by Crippen LogP contribution is -2.47. The zero-order chi connectivity index (χ0) is 13.4. The number of ether oxygens (including phenoxy) is 1. The van der Waals surface area contributed by atoms with Crippen LogP contribution in [0.5, 0.6) is 0 Å². The summed E-state index contributed by atoms with van der Waals surface area (Å²) in [6.07, 6.45) is -0.192. The quantitative estimate of drug-likeness (QED) is 0.795. The first-order chi connectivity index (χ1) is 7.58. The van der Waals surface area contributed by atoms with E-state index in [1.165, 1.54) is 0 Å². The van der Waals surface area contributed by atoms with Gasteiger partial charge in [0.2, 0.25) is 0 Å². The minimum atomic E-state index is -1.13. The molecule has 5 heteroatoms. The van der Waals surface area contributed by atoms with E-state index in [0.29, 0.717) is 6.42 Å². The van der Waals surface area contributed by atoms with Crippen molar-refractivity contribution in [1.82, 2.24) is 5.32 Å². The number of hydrogen-bond acceptors (Lipinski definition) is 3. The highest BCUT2D eigenvalue weighted by Gasteiger charge is 2.63. The molecule has 2 N–H and O–H groups in total. The second-order valence-electron chi connectivity index (χ2n) is 5.96. The minimum Gasteiger partial charge on any atom is -0.479 e. The average Bonchev–Trinajstić information content (AvgIpc) is 2.76. The Morgan fingerprint density at radius 3 is 2.24 bits per heavy atom. The van der Waals surface area contributed by atoms with Crippen LogP contribution in [-0.4, -0.2) is 28.3 Å². The summed E-state index contributed by atoms with van der Waals surface area (Å²) in [6.45, 7) is 9.13. The van der Waals surface area contributed by atoms with Gasteiger partial charge in [-0.3, -0.25) is 0 Å². The number of carbonyl (C=O) groups is 2. The number of rotatable bonds is 3. The molecule has 1 saturated carbocycles. The van der Waals surface area contributed by atoms with Crippen molar-refractivity contribution < 1.29 is 19.4 Å². The largest absolute Gasteiger partial charge is 0.479 e. The normalized spacial score (nSPS) is 27.8. The molecule has 1 aliphatic carbocycles. The zero-order valence-electron chi connectivity index (χ0n) is 11.0. The molecule has 0 heterocycles. The fraction of sp³-hybridized carbons (Fsp3) is 0.833. The van der Waals surface area contributed by atoms with Gasteiger partial charge in [0.1, 0.15) is 11.1 Å². The van der Waals surface area contributed by atoms with Gasteiger partial charge in [0, 0.05) is 0 Å². The summed E-state index contributed by atoms with van der Waals surface area (Å²) in [5.41, 5.74) is -1.75. The van der Waals surface area contributed by atoms with Crippen molar-refractivity contribution >= 4 is 12.1 Å². The van der Waals surface area contributed by atoms with E-state index in [-0.39, 0.29) is 11.8 Å². The summed E-state index contributed by atoms with van der Waals surface area (Å²) in [5, 5.41) is 11.7. The van der Waals surface area contributed by atoms with Crippen molar-refractivity contribution in [3.63, 3.8) is 0 Å². The Morgan fingerprint density at radius 1 is 1.41 bits per heavy atom. The number of aliphatic carboxylic acids is 1. The minimum absolute atomic E-state index is 0.0208. The fourth-order valence-electron chi connectivity index (χ4n) is 2.02. The molecule has 2 atom stereocenters. The maximum absolute atomic E-state index is 11.6. The molecular formula is C12H21NO4. The summed E-state index contributed by atoms with van der Waals surface area (Å²) in [4.78, 5) is 22.8. The molecule has 0 aromatic heterocycles. The summed E-state index contributed by atoms with van der Waals surface area (Å²) in [5.74, 6) is -0.782. The van der Waals surface area contributed by atoms with Crippen LogP contribution in [0.4, 0.5) is 4.79 Å². The predicted octanol–water partition coefficient (Wildman–Crippen LogP) is 2.01. The summed E-state index contributed by atoms with van der Waals surface area (Å²) >= 11 is 0. The van der Waals surface area contributed by atoms with Crippen LogP contribution in [0, 0.1) is 11.8 Å². The van der Waals surface area contributed by atoms with E-state index in [1.807, 2.05) is 13.8 Å². The Balaban J connectivity index is 2.66. The molecule has 1 aliphatic rings. The van der Waals surface area contributed by atoms with E-state index in [0.717, 1.165) is 0 Å². The first kappa shape index (κ1) is 13.8. The van der Waals surface area contributed by atoms with Crippen LogP contribution in [0.25, 0.3) is 0 Å². The average molecular weight is 243 g/mol. The predicted molar refractivity (Wildman–Crippen MR) is 62.7 cm³/mol. The van der Waals surface area contributed by atoms with E-state index < -0.39 is 23.2 Å². The van der Waals surface area contributed by atoms with Gasteiger partial charge in [-0.2, -0.15) is 0 Å². The summed E-state index contributed by atoms with van der Waals surface area (Å²) in [6, 6.07) is 0. The monoisotopic (exact) mass is 243 g/mol. The van der Waals surface area contributed by atoms with Crippen LogP contribution in [0.15, 0.2) is 0 Å². The molecule has 1 amide bonds. The first-order valence-corrected chi connectivity index (χ1v) is 5.83. The number of carboxylic acid groups (broad SMARTS) is 1. The molecule has 0 saturated heterocycles. The highest BCUT2D eigenvalue weighted by atomic mass is 16.6. The molecule has 0 spiro atoms. The van der Waals surface area contributed by atoms with Crippen molar-refractivity contribution in [3.8, 4) is 0 Å². The van der Waals surface area contributed by atoms with Crippen LogP contribution in [0.2, 0.25) is 0 Å². The van der Waals surface area contributed by atoms with Gasteiger partial charge in [-0.05, 0) is 39.0 Å². The smallest absolute Gasteiger partial charge is 0.408 e. The highest BCUT2D eigenvalue weighted by Crippen LogP contribution is 2.48. The fourth-order valence-corrected chi connectivity index (χ4v) is 2.02. The SMILES string of the molecule is CC(C)[C@@H]1C[C@]1(NC(=O)OC(C)(C)C)C(=O)O. The molecule has 1 rings (SSSR count). The number of amides is 1. The third-order valence-corrected chi connectivity index (χ3v) is 2.93. The molecule has 1 fully saturated rings. The van der Waals surface area contributed by atoms with Crippen LogP contribution in [0.1, 0.15) is 41.0 Å². The summed E-state index contributed by atoms with van der Waals surface area (Å²) in [7, 11) is 0. The number of hydrogen-bond donors (Lipinski definition) is 2. The van der Waals surface area contributed by atoms with Crippen molar-refractivity contribution in [2.24, 2.45) is 11.8 Å². The molecule has 17 heavy (non-hydrogen) atoms. The number of carbonyl (C=O) groups excluding carboxylic acids is 1. The third kappa shape index (κ3) is 3.11. The lowest BCUT2D eigenvalue weighted by Gasteiger charge is -2.22. The molecule has 0 bridgehead atoms. The Labute approximate surface area is 102 Å². The van der Waals surface area contributed by atoms with Crippen LogP contribution in [0.3, 0.4) is 0 Å². The van der Waals surface area contributed by atoms with Crippen LogP contribution < -0.4 is 5.32 Å². The summed E-state index contributed by atoms with van der Waals surface area (Å²) < 4.78 is 5.08. The van der Waals surface area contributed by atoms with E-state index in [1.54, 1.807) is 20.8 Å². The molecule has 0 unspecified atom stereocenters. The van der Waals surface area contributed by atoms with Crippen LogP contribution in [-0.2, 0) is 9.53 Å². The molecule has 0 aromatic rings. The van der Waals surface area contributed by atoms with E-state index in [2.05, 4.69) is 5.32 Å². The van der Waals surface area contributed by atoms with Gasteiger partial charge >= 0.3 is 12.1 Å². The number of nitrogens with one attached hydrogen (secondary N) is 1. The van der Waals surface area contributed by atoms with Crippen LogP contribution >= 0.6 is 0 Å². The molecule has 5 nitrogen and oxygen atoms in total. The van der Waals surface area contributed by atoms with Crippen molar-refractivity contribution in [2.45, 2.75) is 52.2 Å². The Morgan fingerprint density at radius 2 is 1.94 bits per heavy atom. The molecule has 0 radical (unpaired) electrons. The second kappa shape index (κ2) is 4.20. The van der Waals surface area contributed by atoms with Crippen molar-refractivity contribution in [2.75, 3.05) is 0 Å². The molecule has 0 aliphatic heterocycles. The van der Waals surface area contributed by atoms with E-state index in [4.69, 9.17) is 4.74 Å². The molecular weight excluding hydrogens is 222 g/mol. The topological polar surface area (TPSA) is 75.6 Å². The third-order valence-electron chi connectivity index (χ3n) is 2.93. The maximum atomic E-state index is 11.6. The Kier molecular flexibility index (Phi) is 3.41. The van der Waals surface area contributed by atoms with Gasteiger partial charge in [0.05, 0.1) is 0 Å². The van der Waals surface area contributed by atoms with Gasteiger partial charge in [0.15, 0.2) is 0 Å². The highest BCUT2D eigenvalue weighted by molar-refractivity contribution is 5.88. The standard InChI is InChI=1S/C12H21NO4/c1-7(2)8-6-12(8,9(14)15)13-10(16)17-11(3,4)5/h7-8H,6H2,1-5H3,(H,13,16)(H,14,15)/t8-,12+/m0/s1. The Bertz CT molecular complexity index is 332. The van der Waals surface area contributed by atoms with E-state index in [9.17, 15) is 14.7 Å². The van der Waals surface area contributed by atoms with Gasteiger partial charge in [-0.25, -0.2) is 9.59 Å². The lowest BCUT2D eigenvalue weighted by atomic mass is 10.0. The van der Waals surface area contributed by atoms with Gasteiger partial charge in [0.25, 0.3) is 0 Å². The Hall–Kier alpha value is -1.26. The molecule has 98 valence electrons. The molecule has 0 aromatic carbocycles. The van der Waals surface area contributed by atoms with Gasteiger partial charge < -0.3 is 15.2 Å². The van der Waals surface area contributed by atoms with Crippen molar-refractivity contribution in [1.29, 1.82) is 0 Å². The zero-order valence-corrected chi connectivity index (χ0v) is 11.0. The van der Waals surface area contributed by atoms with Gasteiger partial charge in [-0.15, -0.1) is 0 Å². The number of carboxylic acids is 1.